The Labute approximate surface area is 531 Å². The van der Waals surface area contributed by atoms with Gasteiger partial charge in [0.1, 0.15) is 81.4 Å². The molecule has 18 N–H and O–H groups in total. The maximum absolute atomic E-state index is 13.1. The van der Waals surface area contributed by atoms with E-state index in [-0.39, 0.29) is 77.4 Å². The number of ether oxygens (including phenoxy) is 7. The normalized spacial score (nSPS) is 14.1. The number of nitrogens with one attached hydrogen (secondary N) is 12. The average molecular weight is 1330 g/mol. The summed E-state index contributed by atoms with van der Waals surface area (Å²) in [6.45, 7) is 8.73. The third-order valence-corrected chi connectivity index (χ3v) is 11.2. The second-order valence-corrected chi connectivity index (χ2v) is 23.1. The van der Waals surface area contributed by atoms with E-state index in [1.165, 1.54) is 0 Å². The molecule has 0 aromatic rings. The molecular formula is C54H96N12O26. The molecular weight excluding hydrogens is 1230 g/mol. The highest BCUT2D eigenvalue weighted by Crippen LogP contribution is 2.12. The number of rotatable bonds is 48. The molecule has 0 bridgehead atoms. The summed E-state index contributed by atoms with van der Waals surface area (Å²) in [6, 6.07) is -3.66. The SMILES string of the molecule is CC(C)(C)OC(=O)NC(O)NC(CCCCNC(=O)COCC(OCC=O)C(COCC(=O)NCCCCC(NC(O)NC(=O)OC(C)(C)C)C(=O)NCC(=O)O)OCC(=O)NCCCCC(NC(O)NC(=O)OC(C)(C)C)C(=O)NCC(=O)O)C(=O)NCC(=O)O. The average Bonchev–Trinajstić information content (AvgIpc) is 1.53. The third kappa shape index (κ3) is 47.3. The van der Waals surface area contributed by atoms with Gasteiger partial charge in [0.25, 0.3) is 0 Å². The van der Waals surface area contributed by atoms with Crippen molar-refractivity contribution >= 4 is 77.9 Å². The van der Waals surface area contributed by atoms with E-state index in [0.717, 1.165) is 0 Å². The molecule has 0 aliphatic carbocycles. The van der Waals surface area contributed by atoms with Crippen molar-refractivity contribution < 1.29 is 126 Å². The van der Waals surface area contributed by atoms with E-state index < -0.39 is 197 Å². The lowest BCUT2D eigenvalue weighted by Gasteiger charge is -2.26. The minimum Gasteiger partial charge on any atom is -0.480 e. The van der Waals surface area contributed by atoms with Gasteiger partial charge in [-0.05, 0) is 120 Å². The molecule has 8 atom stereocenters. The summed E-state index contributed by atoms with van der Waals surface area (Å²) in [4.78, 5) is 158. The number of aliphatic hydroxyl groups is 3. The Hall–Kier alpha value is -7.69. The van der Waals surface area contributed by atoms with Crippen molar-refractivity contribution in [3.63, 3.8) is 0 Å². The summed E-state index contributed by atoms with van der Waals surface area (Å²) in [7, 11) is 0. The van der Waals surface area contributed by atoms with Crippen molar-refractivity contribution in [2.24, 2.45) is 0 Å². The van der Waals surface area contributed by atoms with Crippen LogP contribution in [0.15, 0.2) is 0 Å². The number of unbranched alkanes of at least 4 members (excludes halogenated alkanes) is 3. The van der Waals surface area contributed by atoms with Crippen LogP contribution in [0, 0.1) is 0 Å². The molecule has 0 saturated carbocycles. The third-order valence-electron chi connectivity index (χ3n) is 11.2. The smallest absolute Gasteiger partial charge is 0.410 e. The molecule has 0 spiro atoms. The van der Waals surface area contributed by atoms with E-state index in [1.54, 1.807) is 62.3 Å². The minimum absolute atomic E-state index is 0.00655. The molecule has 38 heteroatoms. The van der Waals surface area contributed by atoms with E-state index in [0.29, 0.717) is 6.29 Å². The summed E-state index contributed by atoms with van der Waals surface area (Å²) in [5, 5.41) is 86.3. The predicted molar refractivity (Wildman–Crippen MR) is 317 cm³/mol. The first-order valence-electron chi connectivity index (χ1n) is 29.3. The van der Waals surface area contributed by atoms with Gasteiger partial charge in [0, 0.05) is 19.6 Å². The largest absolute Gasteiger partial charge is 0.480 e. The molecule has 38 nitrogen and oxygen atoms in total. The Morgan fingerprint density at radius 1 is 0.402 bits per heavy atom. The fourth-order valence-corrected chi connectivity index (χ4v) is 7.35. The highest BCUT2D eigenvalue weighted by Gasteiger charge is 2.30. The number of amides is 9. The number of aldehydes is 1. The van der Waals surface area contributed by atoms with Crippen molar-refractivity contribution in [1.29, 1.82) is 0 Å². The molecule has 9 amide bonds. The number of carbonyl (C=O) groups excluding carboxylic acids is 10. The predicted octanol–water partition coefficient (Wildman–Crippen LogP) is -4.27. The van der Waals surface area contributed by atoms with Crippen LogP contribution in [0.2, 0.25) is 0 Å². The maximum atomic E-state index is 13.1. The van der Waals surface area contributed by atoms with E-state index in [2.05, 4.69) is 63.8 Å². The summed E-state index contributed by atoms with van der Waals surface area (Å²) in [5.41, 5.74) is -2.74. The van der Waals surface area contributed by atoms with Gasteiger partial charge in [-0.25, -0.2) is 14.4 Å². The van der Waals surface area contributed by atoms with Crippen LogP contribution in [0.4, 0.5) is 14.4 Å². The van der Waals surface area contributed by atoms with E-state index >= 15 is 0 Å². The van der Waals surface area contributed by atoms with Crippen LogP contribution in [-0.2, 0) is 81.1 Å². The van der Waals surface area contributed by atoms with Crippen molar-refractivity contribution in [3.8, 4) is 0 Å². The zero-order chi connectivity index (χ0) is 70.0. The molecule has 0 saturated heterocycles. The fraction of sp³-hybridized carbons (Fsp3) is 0.759. The Bertz CT molecular complexity index is 2340. The molecule has 0 fully saturated rings. The number of aliphatic carboxylic acids is 3. The molecule has 8 unspecified atom stereocenters. The van der Waals surface area contributed by atoms with Gasteiger partial charge in [-0.15, -0.1) is 0 Å². The number of carboxylic acid groups (broad SMARTS) is 3. The second kappa shape index (κ2) is 45.6. The van der Waals surface area contributed by atoms with Gasteiger partial charge in [-0.3, -0.25) is 75.1 Å². The maximum Gasteiger partial charge on any atom is 0.410 e. The van der Waals surface area contributed by atoms with Gasteiger partial charge >= 0.3 is 36.2 Å². The molecule has 0 radical (unpaired) electrons. The van der Waals surface area contributed by atoms with Gasteiger partial charge < -0.3 is 100 Å². The van der Waals surface area contributed by atoms with Crippen molar-refractivity contribution in [1.82, 2.24) is 63.8 Å². The number of aliphatic hydroxyl groups excluding tert-OH is 3. The summed E-state index contributed by atoms with van der Waals surface area (Å²) in [5.74, 6) is -8.47. The highest BCUT2D eigenvalue weighted by atomic mass is 16.6. The van der Waals surface area contributed by atoms with E-state index in [9.17, 15) is 77.6 Å². The zero-order valence-corrected chi connectivity index (χ0v) is 53.4. The van der Waals surface area contributed by atoms with Crippen molar-refractivity contribution in [3.05, 3.63) is 0 Å². The Balaban J connectivity index is 5.99. The van der Waals surface area contributed by atoms with Crippen LogP contribution in [0.25, 0.3) is 0 Å². The number of hydrogen-bond donors (Lipinski definition) is 18. The Morgan fingerprint density at radius 2 is 0.685 bits per heavy atom. The number of alkyl carbamates (subject to hydrolysis) is 3. The molecule has 0 aromatic heterocycles. The summed E-state index contributed by atoms with van der Waals surface area (Å²) >= 11 is 0. The zero-order valence-electron chi connectivity index (χ0n) is 53.4. The minimum atomic E-state index is -1.80. The van der Waals surface area contributed by atoms with Crippen LogP contribution in [0.1, 0.15) is 120 Å². The van der Waals surface area contributed by atoms with Gasteiger partial charge in [0.05, 0.1) is 31.3 Å². The molecule has 0 aliphatic rings. The lowest BCUT2D eigenvalue weighted by Crippen LogP contribution is -2.55. The van der Waals surface area contributed by atoms with Crippen LogP contribution in [-0.4, -0.2) is 254 Å². The lowest BCUT2D eigenvalue weighted by molar-refractivity contribution is -0.151. The van der Waals surface area contributed by atoms with Crippen LogP contribution in [0.5, 0.6) is 0 Å². The van der Waals surface area contributed by atoms with Crippen LogP contribution in [0.3, 0.4) is 0 Å². The number of carbonyl (C=O) groups is 13. The molecule has 0 aliphatic heterocycles. The number of hydrogen-bond acceptors (Lipinski definition) is 26. The molecule has 92 heavy (non-hydrogen) atoms. The van der Waals surface area contributed by atoms with Crippen LogP contribution >= 0.6 is 0 Å². The van der Waals surface area contributed by atoms with Crippen molar-refractivity contribution in [2.75, 3.05) is 78.9 Å². The highest BCUT2D eigenvalue weighted by molar-refractivity contribution is 5.87. The Kier molecular flexibility index (Phi) is 41.7. The van der Waals surface area contributed by atoms with Gasteiger partial charge in [-0.2, -0.15) is 0 Å². The van der Waals surface area contributed by atoms with Gasteiger partial charge in [-0.1, -0.05) is 0 Å². The van der Waals surface area contributed by atoms with Crippen molar-refractivity contribution in [2.45, 2.75) is 186 Å². The molecule has 528 valence electrons. The molecule has 0 aromatic carbocycles. The first-order valence-corrected chi connectivity index (χ1v) is 29.3. The van der Waals surface area contributed by atoms with Gasteiger partial charge in [0.2, 0.25) is 35.4 Å². The van der Waals surface area contributed by atoms with E-state index in [1.807, 2.05) is 0 Å². The van der Waals surface area contributed by atoms with E-state index in [4.69, 9.17) is 48.5 Å². The first kappa shape index (κ1) is 84.3. The Morgan fingerprint density at radius 3 is 0.957 bits per heavy atom. The molecule has 0 heterocycles. The number of carboxylic acids is 3. The monoisotopic (exact) mass is 1330 g/mol. The standard InChI is InChI=1S/C54H96N12O26/c1-52(2,3)90-49(83)64-46(80)61-32(43(77)58-24-40(71)72)16-10-13-19-55-37(68)29-86-27-35(88-23-22-67)36(89-31-39(70)57-21-15-12-18-34(45(79)60-26-42(75)76)63-48(82)66-51(85)92-54(7,8)9)28-87-30-38(69)56-20-14-11-17-33(44(78)59-25-41(73)74)62-47(81)65-50(84)91-53(4,5)6/h22,32-36,46-48,61-63,80-82H,10-21,23-31H2,1-9H3,(H,55,68)(H,56,69)(H,57,70)(H,58,77)(H,59,78)(H,60,79)(H,64,83)(H,65,84)(H,66,85)(H,71,72)(H,73,74)(H,75,76). The van der Waals surface area contributed by atoms with Gasteiger partial charge in [0.15, 0.2) is 19.1 Å². The summed E-state index contributed by atoms with van der Waals surface area (Å²) in [6.07, 6.45) is -9.24. The summed E-state index contributed by atoms with van der Waals surface area (Å²) < 4.78 is 38.0. The second-order valence-electron chi connectivity index (χ2n) is 23.1. The topological polar surface area (TPSA) is 552 Å². The lowest BCUT2D eigenvalue weighted by atomic mass is 10.1. The quantitative estimate of drug-likeness (QED) is 0.0119. The first-order chi connectivity index (χ1) is 42.9. The fourth-order valence-electron chi connectivity index (χ4n) is 7.35. The van der Waals surface area contributed by atoms with Crippen LogP contribution < -0.4 is 63.8 Å². The molecule has 0 rings (SSSR count).